The molecule has 3 heterocycles. The van der Waals surface area contributed by atoms with Crippen molar-refractivity contribution in [1.82, 2.24) is 14.7 Å². The molecular weight excluding hydrogens is 455 g/mol. The lowest BCUT2D eigenvalue weighted by Crippen LogP contribution is -2.30. The number of benzene rings is 2. The van der Waals surface area contributed by atoms with Gasteiger partial charge in [0.25, 0.3) is 11.4 Å². The molecule has 0 bridgehead atoms. The molecule has 1 aliphatic heterocycles. The van der Waals surface area contributed by atoms with Crippen LogP contribution in [-0.4, -0.2) is 27.4 Å². The van der Waals surface area contributed by atoms with Gasteiger partial charge in [0.2, 0.25) is 18.5 Å². The van der Waals surface area contributed by atoms with E-state index in [1.165, 1.54) is 10.6 Å². The summed E-state index contributed by atoms with van der Waals surface area (Å²) < 4.78 is 31.3. The van der Waals surface area contributed by atoms with Crippen LogP contribution in [0.2, 0.25) is 0 Å². The zero-order valence-electron chi connectivity index (χ0n) is 19.2. The molecule has 9 nitrogen and oxygen atoms in total. The van der Waals surface area contributed by atoms with Gasteiger partial charge >= 0.3 is 0 Å². The Balaban J connectivity index is 1.43. The molecule has 0 aliphatic carbocycles. The number of halogens is 1. The van der Waals surface area contributed by atoms with E-state index in [-0.39, 0.29) is 30.6 Å². The summed E-state index contributed by atoms with van der Waals surface area (Å²) in [6, 6.07) is 11.4. The SMILES string of the molecule is Cc1ccc(NC(=O)Cn2c(C)cc(C)c(-c3nc(-c4ccc5c(c4)OCO5)no3)c2=O)cc1F. The highest BCUT2D eigenvalue weighted by molar-refractivity contribution is 5.90. The fraction of sp³-hybridized carbons (Fsp3) is 0.200. The van der Waals surface area contributed by atoms with Crippen LogP contribution in [0.15, 0.2) is 51.8 Å². The predicted octanol–water partition coefficient (Wildman–Crippen LogP) is 4.00. The van der Waals surface area contributed by atoms with E-state index in [1.807, 2.05) is 0 Å². The Kier molecular flexibility index (Phi) is 5.56. The van der Waals surface area contributed by atoms with Gasteiger partial charge in [-0.25, -0.2) is 4.39 Å². The summed E-state index contributed by atoms with van der Waals surface area (Å²) in [5, 5.41) is 6.63. The van der Waals surface area contributed by atoms with Gasteiger partial charge in [0.15, 0.2) is 11.5 Å². The Morgan fingerprint density at radius 1 is 1.06 bits per heavy atom. The Morgan fingerprint density at radius 3 is 2.66 bits per heavy atom. The third-order valence-electron chi connectivity index (χ3n) is 5.73. The fourth-order valence-corrected chi connectivity index (χ4v) is 3.88. The molecule has 2 aromatic heterocycles. The van der Waals surface area contributed by atoms with E-state index < -0.39 is 17.3 Å². The molecule has 0 saturated carbocycles. The van der Waals surface area contributed by atoms with E-state index in [0.717, 1.165) is 0 Å². The van der Waals surface area contributed by atoms with E-state index >= 15 is 0 Å². The molecule has 35 heavy (non-hydrogen) atoms. The number of amides is 1. The first-order valence-corrected chi connectivity index (χ1v) is 10.8. The normalized spacial score (nSPS) is 12.1. The molecule has 0 saturated heterocycles. The van der Waals surface area contributed by atoms with Crippen LogP contribution in [-0.2, 0) is 11.3 Å². The van der Waals surface area contributed by atoms with Crippen LogP contribution in [0.5, 0.6) is 11.5 Å². The number of anilines is 1. The van der Waals surface area contributed by atoms with Crippen molar-refractivity contribution in [3.63, 3.8) is 0 Å². The summed E-state index contributed by atoms with van der Waals surface area (Å²) in [6.07, 6.45) is 0. The van der Waals surface area contributed by atoms with Gasteiger partial charge in [0.05, 0.1) is 0 Å². The molecule has 1 N–H and O–H groups in total. The molecule has 0 fully saturated rings. The van der Waals surface area contributed by atoms with Crippen molar-refractivity contribution in [2.75, 3.05) is 12.1 Å². The number of nitrogens with one attached hydrogen (secondary N) is 1. The number of nitrogens with zero attached hydrogens (tertiary/aromatic N) is 3. The van der Waals surface area contributed by atoms with Gasteiger partial charge in [-0.05, 0) is 68.3 Å². The summed E-state index contributed by atoms with van der Waals surface area (Å²) in [6.45, 7) is 4.99. The number of rotatable bonds is 5. The number of ether oxygens (including phenoxy) is 2. The van der Waals surface area contributed by atoms with E-state index in [9.17, 15) is 14.0 Å². The number of carbonyl (C=O) groups excluding carboxylic acids is 1. The molecule has 2 aromatic carbocycles. The van der Waals surface area contributed by atoms with Gasteiger partial charge in [-0.15, -0.1) is 0 Å². The van der Waals surface area contributed by atoms with Crippen LogP contribution in [0.1, 0.15) is 16.8 Å². The maximum Gasteiger partial charge on any atom is 0.264 e. The minimum atomic E-state index is -0.472. The number of fused-ring (bicyclic) bond motifs is 1. The minimum Gasteiger partial charge on any atom is -0.454 e. The van der Waals surface area contributed by atoms with Crippen LogP contribution in [0, 0.1) is 26.6 Å². The van der Waals surface area contributed by atoms with Crippen LogP contribution < -0.4 is 20.3 Å². The van der Waals surface area contributed by atoms with Crippen molar-refractivity contribution in [1.29, 1.82) is 0 Å². The lowest BCUT2D eigenvalue weighted by molar-refractivity contribution is -0.116. The molecule has 0 unspecified atom stereocenters. The number of pyridine rings is 1. The molecule has 178 valence electrons. The highest BCUT2D eigenvalue weighted by atomic mass is 19.1. The third kappa shape index (κ3) is 4.25. The van der Waals surface area contributed by atoms with Crippen molar-refractivity contribution in [2.24, 2.45) is 0 Å². The summed E-state index contributed by atoms with van der Waals surface area (Å²) in [5.74, 6) is 0.616. The molecule has 1 aliphatic rings. The quantitative estimate of drug-likeness (QED) is 0.464. The molecule has 1 amide bonds. The molecule has 0 atom stereocenters. The van der Waals surface area contributed by atoms with Gasteiger partial charge in [-0.3, -0.25) is 9.59 Å². The smallest absolute Gasteiger partial charge is 0.264 e. The van der Waals surface area contributed by atoms with Crippen molar-refractivity contribution >= 4 is 11.6 Å². The van der Waals surface area contributed by atoms with Crippen LogP contribution in [0.4, 0.5) is 10.1 Å². The van der Waals surface area contributed by atoms with Crippen LogP contribution in [0.25, 0.3) is 22.8 Å². The highest BCUT2D eigenvalue weighted by Crippen LogP contribution is 2.35. The van der Waals surface area contributed by atoms with Crippen molar-refractivity contribution in [3.8, 4) is 34.3 Å². The van der Waals surface area contributed by atoms with Crippen LogP contribution >= 0.6 is 0 Å². The topological polar surface area (TPSA) is 108 Å². The van der Waals surface area contributed by atoms with E-state index in [1.54, 1.807) is 57.2 Å². The average molecular weight is 476 g/mol. The minimum absolute atomic E-state index is 0.0370. The van der Waals surface area contributed by atoms with Gasteiger partial charge in [-0.1, -0.05) is 11.2 Å². The monoisotopic (exact) mass is 476 g/mol. The molecule has 0 spiro atoms. The van der Waals surface area contributed by atoms with E-state index in [0.29, 0.717) is 39.6 Å². The largest absolute Gasteiger partial charge is 0.454 e. The molecular formula is C25H21FN4O5. The second kappa shape index (κ2) is 8.71. The molecule has 10 heteroatoms. The predicted molar refractivity (Wildman–Crippen MR) is 125 cm³/mol. The Hall–Kier alpha value is -4.47. The zero-order valence-corrected chi connectivity index (χ0v) is 19.2. The summed E-state index contributed by atoms with van der Waals surface area (Å²) >= 11 is 0. The van der Waals surface area contributed by atoms with Crippen molar-refractivity contribution < 1.29 is 23.2 Å². The first kappa shape index (κ1) is 22.3. The lowest BCUT2D eigenvalue weighted by atomic mass is 10.1. The van der Waals surface area contributed by atoms with Gasteiger partial charge < -0.3 is 23.9 Å². The van der Waals surface area contributed by atoms with Gasteiger partial charge in [0.1, 0.15) is 17.9 Å². The summed E-state index contributed by atoms with van der Waals surface area (Å²) in [5.41, 5.74) is 2.37. The van der Waals surface area contributed by atoms with Crippen LogP contribution in [0.3, 0.4) is 0 Å². The van der Waals surface area contributed by atoms with Crippen molar-refractivity contribution in [3.05, 3.63) is 75.5 Å². The first-order chi connectivity index (χ1) is 16.8. The number of carbonyl (C=O) groups is 1. The maximum absolute atomic E-state index is 13.8. The standard InChI is InChI=1S/C25H21FN4O5/c1-13-4-6-17(10-18(13)26)27-21(31)11-30-15(3)8-14(2)22(25(30)32)24-28-23(29-35-24)16-5-7-19-20(9-16)34-12-33-19/h4-10H,11-12H2,1-3H3,(H,27,31). The first-order valence-electron chi connectivity index (χ1n) is 10.8. The summed E-state index contributed by atoms with van der Waals surface area (Å²) in [7, 11) is 0. The maximum atomic E-state index is 13.8. The fourth-order valence-electron chi connectivity index (χ4n) is 3.88. The number of aryl methyl sites for hydroxylation is 3. The van der Waals surface area contributed by atoms with E-state index in [2.05, 4.69) is 15.5 Å². The van der Waals surface area contributed by atoms with Crippen molar-refractivity contribution in [2.45, 2.75) is 27.3 Å². The second-order valence-corrected chi connectivity index (χ2v) is 8.24. The Morgan fingerprint density at radius 2 is 1.86 bits per heavy atom. The number of hydrogen-bond donors (Lipinski definition) is 1. The Labute approximate surface area is 199 Å². The molecule has 4 aromatic rings. The zero-order chi connectivity index (χ0) is 24.7. The number of aromatic nitrogens is 3. The highest BCUT2D eigenvalue weighted by Gasteiger charge is 2.22. The molecule has 0 radical (unpaired) electrons. The van der Waals surface area contributed by atoms with Gasteiger partial charge in [-0.2, -0.15) is 4.98 Å². The Bertz CT molecular complexity index is 1530. The second-order valence-electron chi connectivity index (χ2n) is 8.24. The molecule has 5 rings (SSSR count). The summed E-state index contributed by atoms with van der Waals surface area (Å²) in [4.78, 5) is 30.4. The average Bonchev–Trinajstić information content (AvgIpc) is 3.48. The third-order valence-corrected chi connectivity index (χ3v) is 5.73. The van der Waals surface area contributed by atoms with E-state index in [4.69, 9.17) is 14.0 Å². The number of hydrogen-bond acceptors (Lipinski definition) is 7. The lowest BCUT2D eigenvalue weighted by Gasteiger charge is -2.13. The van der Waals surface area contributed by atoms with Gasteiger partial charge in [0, 0.05) is 16.9 Å².